The van der Waals surface area contributed by atoms with Gasteiger partial charge in [0, 0.05) is 23.8 Å². The molecule has 0 bridgehead atoms. The number of aromatic carboxylic acids is 1. The highest BCUT2D eigenvalue weighted by Gasteiger charge is 2.24. The van der Waals surface area contributed by atoms with E-state index in [1.807, 2.05) is 73.8 Å². The fourth-order valence-corrected chi connectivity index (χ4v) is 4.97. The van der Waals surface area contributed by atoms with Crippen LogP contribution in [0.25, 0.3) is 11.1 Å². The van der Waals surface area contributed by atoms with E-state index >= 15 is 0 Å². The molecule has 0 radical (unpaired) electrons. The van der Waals surface area contributed by atoms with Crippen molar-refractivity contribution >= 4 is 17.6 Å². The summed E-state index contributed by atoms with van der Waals surface area (Å²) in [6, 6.07) is 24.5. The molecule has 2 heterocycles. The highest BCUT2D eigenvalue weighted by molar-refractivity contribution is 5.92. The molecule has 8 nitrogen and oxygen atoms in total. The third kappa shape index (κ3) is 7.16. The van der Waals surface area contributed by atoms with Crippen LogP contribution in [0.5, 0.6) is 11.5 Å². The number of nitrogens with one attached hydrogen (secondary N) is 1. The highest BCUT2D eigenvalue weighted by atomic mass is 16.5. The molecular weight excluding hydrogens is 506 g/mol. The first-order valence-corrected chi connectivity index (χ1v) is 13.4. The standard InChI is InChI=1S/C32H33N3O5/c1-34(28-14-17-35(18-15-28)20-23-2-4-25(5-3-23)32(37)38)21-31(36)33-27-8-12-30(13-9-27)40-29-10-6-24(7-11-29)26-16-19-39-22-26/h2-13,16,19,22,28H,14-15,17-18,20-21H2,1H3,(H,33,36)(H,37,38). The first-order valence-electron chi connectivity index (χ1n) is 13.4. The van der Waals surface area contributed by atoms with E-state index in [0.717, 1.165) is 60.6 Å². The Labute approximate surface area is 233 Å². The van der Waals surface area contributed by atoms with E-state index in [1.165, 1.54) is 0 Å². The molecule has 3 aromatic carbocycles. The predicted molar refractivity (Wildman–Crippen MR) is 154 cm³/mol. The largest absolute Gasteiger partial charge is 0.478 e. The normalized spacial score (nSPS) is 14.2. The topological polar surface area (TPSA) is 95.3 Å². The number of furan rings is 1. The monoisotopic (exact) mass is 539 g/mol. The summed E-state index contributed by atoms with van der Waals surface area (Å²) in [6.07, 6.45) is 5.31. The van der Waals surface area contributed by atoms with Crippen LogP contribution in [0.15, 0.2) is 95.8 Å². The van der Waals surface area contributed by atoms with Crippen molar-refractivity contribution in [1.82, 2.24) is 9.80 Å². The van der Waals surface area contributed by atoms with Gasteiger partial charge in [-0.05, 0) is 98.7 Å². The number of likely N-dealkylation sites (tertiary alicyclic amines) is 1. The van der Waals surface area contributed by atoms with Crippen LogP contribution in [0, 0.1) is 0 Å². The number of nitrogens with zero attached hydrogens (tertiary/aromatic N) is 2. The molecule has 8 heteroatoms. The van der Waals surface area contributed by atoms with E-state index in [1.54, 1.807) is 24.7 Å². The van der Waals surface area contributed by atoms with Crippen molar-refractivity contribution in [3.8, 4) is 22.6 Å². The molecule has 1 fully saturated rings. The van der Waals surface area contributed by atoms with Gasteiger partial charge in [0.25, 0.3) is 0 Å². The van der Waals surface area contributed by atoms with Crippen LogP contribution in [-0.2, 0) is 11.3 Å². The number of anilines is 1. The average molecular weight is 540 g/mol. The molecule has 1 saturated heterocycles. The fraction of sp³-hybridized carbons (Fsp3) is 0.250. The number of hydrogen-bond acceptors (Lipinski definition) is 6. The summed E-state index contributed by atoms with van der Waals surface area (Å²) in [6.45, 7) is 2.99. The summed E-state index contributed by atoms with van der Waals surface area (Å²) in [5, 5.41) is 12.0. The van der Waals surface area contributed by atoms with Crippen LogP contribution in [0.2, 0.25) is 0 Å². The van der Waals surface area contributed by atoms with Gasteiger partial charge in [-0.2, -0.15) is 0 Å². The van der Waals surface area contributed by atoms with E-state index in [9.17, 15) is 9.59 Å². The zero-order valence-corrected chi connectivity index (χ0v) is 22.5. The molecule has 1 aliphatic heterocycles. The minimum Gasteiger partial charge on any atom is -0.478 e. The Morgan fingerprint density at radius 2 is 1.57 bits per heavy atom. The molecule has 4 aromatic rings. The highest BCUT2D eigenvalue weighted by Crippen LogP contribution is 2.27. The minimum atomic E-state index is -0.908. The summed E-state index contributed by atoms with van der Waals surface area (Å²) >= 11 is 0. The van der Waals surface area contributed by atoms with Crippen LogP contribution in [0.3, 0.4) is 0 Å². The Bertz CT molecular complexity index is 1390. The SMILES string of the molecule is CN(CC(=O)Nc1ccc(Oc2ccc(-c3ccoc3)cc2)cc1)C1CCN(Cc2ccc(C(=O)O)cc2)CC1. The Morgan fingerprint density at radius 3 is 2.17 bits per heavy atom. The summed E-state index contributed by atoms with van der Waals surface area (Å²) in [7, 11) is 2.00. The van der Waals surface area contributed by atoms with Crippen molar-refractivity contribution in [3.63, 3.8) is 0 Å². The number of carboxylic acid groups (broad SMARTS) is 1. The van der Waals surface area contributed by atoms with Crippen molar-refractivity contribution in [2.45, 2.75) is 25.4 Å². The predicted octanol–water partition coefficient (Wildman–Crippen LogP) is 5.97. The minimum absolute atomic E-state index is 0.0491. The molecule has 0 aliphatic carbocycles. The molecule has 1 aliphatic rings. The Hall–Kier alpha value is -4.40. The number of carboxylic acids is 1. The molecule has 206 valence electrons. The molecule has 1 aromatic heterocycles. The van der Waals surface area contributed by atoms with Crippen molar-refractivity contribution < 1.29 is 23.8 Å². The van der Waals surface area contributed by atoms with Crippen molar-refractivity contribution in [2.24, 2.45) is 0 Å². The third-order valence-electron chi connectivity index (χ3n) is 7.26. The van der Waals surface area contributed by atoms with E-state index in [4.69, 9.17) is 14.3 Å². The van der Waals surface area contributed by atoms with Crippen molar-refractivity contribution in [2.75, 3.05) is 32.0 Å². The molecule has 40 heavy (non-hydrogen) atoms. The van der Waals surface area contributed by atoms with Crippen LogP contribution in [0.4, 0.5) is 5.69 Å². The Morgan fingerprint density at radius 1 is 0.925 bits per heavy atom. The van der Waals surface area contributed by atoms with E-state index in [2.05, 4.69) is 15.1 Å². The summed E-state index contributed by atoms with van der Waals surface area (Å²) in [4.78, 5) is 28.2. The summed E-state index contributed by atoms with van der Waals surface area (Å²) in [5.74, 6) is 0.463. The van der Waals surface area contributed by atoms with Crippen LogP contribution < -0.4 is 10.1 Å². The number of benzene rings is 3. The number of piperidine rings is 1. The van der Waals surface area contributed by atoms with Crippen LogP contribution >= 0.6 is 0 Å². The van der Waals surface area contributed by atoms with E-state index in [-0.39, 0.29) is 5.91 Å². The number of amides is 1. The second-order valence-corrected chi connectivity index (χ2v) is 10.1. The second kappa shape index (κ2) is 12.6. The smallest absolute Gasteiger partial charge is 0.335 e. The second-order valence-electron chi connectivity index (χ2n) is 10.1. The van der Waals surface area contributed by atoms with Gasteiger partial charge >= 0.3 is 5.97 Å². The van der Waals surface area contributed by atoms with Gasteiger partial charge in [-0.3, -0.25) is 14.6 Å². The molecule has 1 amide bonds. The zero-order chi connectivity index (χ0) is 27.9. The molecular formula is C32H33N3O5. The van der Waals surface area contributed by atoms with Crippen LogP contribution in [0.1, 0.15) is 28.8 Å². The number of carbonyl (C=O) groups excluding carboxylic acids is 1. The molecule has 0 atom stereocenters. The number of rotatable bonds is 10. The van der Waals surface area contributed by atoms with Gasteiger partial charge in [-0.15, -0.1) is 0 Å². The lowest BCUT2D eigenvalue weighted by molar-refractivity contribution is -0.117. The quantitative estimate of drug-likeness (QED) is 0.256. The number of carbonyl (C=O) groups is 2. The van der Waals surface area contributed by atoms with Gasteiger partial charge in [0.15, 0.2) is 0 Å². The number of likely N-dealkylation sites (N-methyl/N-ethyl adjacent to an activating group) is 1. The maximum atomic E-state index is 12.7. The van der Waals surface area contributed by atoms with Crippen molar-refractivity contribution in [1.29, 1.82) is 0 Å². The van der Waals surface area contributed by atoms with Gasteiger partial charge in [0.05, 0.1) is 24.6 Å². The summed E-state index contributed by atoms with van der Waals surface area (Å²) < 4.78 is 11.1. The van der Waals surface area contributed by atoms with Gasteiger partial charge in [-0.25, -0.2) is 4.79 Å². The van der Waals surface area contributed by atoms with E-state index < -0.39 is 5.97 Å². The van der Waals surface area contributed by atoms with Gasteiger partial charge in [-0.1, -0.05) is 24.3 Å². The molecule has 0 saturated carbocycles. The summed E-state index contributed by atoms with van der Waals surface area (Å²) in [5.41, 5.74) is 4.21. The average Bonchev–Trinajstić information content (AvgIpc) is 3.50. The maximum absolute atomic E-state index is 12.7. The zero-order valence-electron chi connectivity index (χ0n) is 22.5. The number of ether oxygens (including phenoxy) is 1. The van der Waals surface area contributed by atoms with Gasteiger partial charge < -0.3 is 19.6 Å². The van der Waals surface area contributed by atoms with Gasteiger partial charge in [0.2, 0.25) is 5.91 Å². The first kappa shape index (κ1) is 27.2. The fourth-order valence-electron chi connectivity index (χ4n) is 4.97. The lowest BCUT2D eigenvalue weighted by Crippen LogP contribution is -2.45. The van der Waals surface area contributed by atoms with Crippen LogP contribution in [-0.4, -0.2) is 59.5 Å². The number of hydrogen-bond donors (Lipinski definition) is 2. The molecule has 0 spiro atoms. The lowest BCUT2D eigenvalue weighted by atomic mass is 10.0. The lowest BCUT2D eigenvalue weighted by Gasteiger charge is -2.36. The van der Waals surface area contributed by atoms with Crippen molar-refractivity contribution in [3.05, 3.63) is 103 Å². The Balaban J connectivity index is 1.04. The maximum Gasteiger partial charge on any atom is 0.335 e. The molecule has 5 rings (SSSR count). The Kier molecular flexibility index (Phi) is 8.59. The first-order chi connectivity index (χ1) is 19.4. The molecule has 2 N–H and O–H groups in total. The van der Waals surface area contributed by atoms with Gasteiger partial charge in [0.1, 0.15) is 11.5 Å². The third-order valence-corrected chi connectivity index (χ3v) is 7.26. The van der Waals surface area contributed by atoms with E-state index in [0.29, 0.717) is 23.9 Å². The molecule has 0 unspecified atom stereocenters.